The Labute approximate surface area is 204 Å². The topological polar surface area (TPSA) is 84.8 Å². The molecule has 2 aliphatic rings. The quantitative estimate of drug-likeness (QED) is 0.449. The van der Waals surface area contributed by atoms with Gasteiger partial charge in [-0.1, -0.05) is 12.1 Å². The van der Waals surface area contributed by atoms with Gasteiger partial charge in [0.2, 0.25) is 0 Å². The number of aliphatic carboxylic acids is 1. The first-order valence-electron chi connectivity index (χ1n) is 9.26. The summed E-state index contributed by atoms with van der Waals surface area (Å²) in [6.45, 7) is 1.31. The number of carboxylic acid groups (broad SMARTS) is 1. The van der Waals surface area contributed by atoms with Gasteiger partial charge in [-0.25, -0.2) is 9.82 Å². The van der Waals surface area contributed by atoms with Crippen LogP contribution in [0.15, 0.2) is 40.8 Å². The Morgan fingerprint density at radius 2 is 2.00 bits per heavy atom. The van der Waals surface area contributed by atoms with Gasteiger partial charge in [0, 0.05) is 18.0 Å². The standard InChI is InChI=1S/C20H20FN3O3S2.Na/c21-14-3-1-12(2-4-14)17(24-8-5-16-13(11-24)6-9-28-16)19(25)23-22-15-7-10-29-18(15)20(26)27;/h1-4,6,9,17-18H,5,7-8,10-11H2,(H,23,25)(H,26,27);/q;+1/p-1/b22-15+;. The van der Waals surface area contributed by atoms with Crippen LogP contribution in [-0.4, -0.2) is 40.0 Å². The molecule has 2 aromatic rings. The third-order valence-electron chi connectivity index (χ3n) is 5.11. The van der Waals surface area contributed by atoms with E-state index in [2.05, 4.69) is 16.6 Å². The molecule has 0 bridgehead atoms. The van der Waals surface area contributed by atoms with Crippen LogP contribution in [0, 0.1) is 5.82 Å². The van der Waals surface area contributed by atoms with E-state index in [9.17, 15) is 19.1 Å². The SMILES string of the molecule is O=C([O-])C1SCC/C1=N\NC(=O)C(c1ccc(F)cc1)N1CCc2sccc2C1.[Na+]. The number of rotatable bonds is 5. The van der Waals surface area contributed by atoms with Gasteiger partial charge in [-0.2, -0.15) is 5.10 Å². The Kier molecular flexibility index (Phi) is 8.11. The fourth-order valence-electron chi connectivity index (χ4n) is 3.68. The predicted octanol–water partition coefficient (Wildman–Crippen LogP) is -1.28. The first-order chi connectivity index (χ1) is 14.0. The summed E-state index contributed by atoms with van der Waals surface area (Å²) < 4.78 is 13.4. The van der Waals surface area contributed by atoms with Crippen molar-refractivity contribution in [1.82, 2.24) is 10.3 Å². The smallest absolute Gasteiger partial charge is 0.549 e. The number of benzene rings is 1. The van der Waals surface area contributed by atoms with E-state index >= 15 is 0 Å². The normalized spacial score (nSPS) is 21.0. The molecular weight excluding hydrogens is 436 g/mol. The van der Waals surface area contributed by atoms with Crippen LogP contribution in [0.5, 0.6) is 0 Å². The summed E-state index contributed by atoms with van der Waals surface area (Å²) in [5.41, 5.74) is 4.81. The van der Waals surface area contributed by atoms with Crippen molar-refractivity contribution in [1.29, 1.82) is 0 Å². The summed E-state index contributed by atoms with van der Waals surface area (Å²) in [7, 11) is 0. The molecule has 0 aliphatic carbocycles. The Morgan fingerprint density at radius 3 is 2.73 bits per heavy atom. The molecule has 0 spiro atoms. The molecule has 1 N–H and O–H groups in total. The average Bonchev–Trinajstić information content (AvgIpc) is 3.37. The molecule has 3 heterocycles. The zero-order valence-corrected chi connectivity index (χ0v) is 20.1. The van der Waals surface area contributed by atoms with E-state index in [1.807, 2.05) is 10.3 Å². The summed E-state index contributed by atoms with van der Waals surface area (Å²) in [5.74, 6) is -1.30. The summed E-state index contributed by atoms with van der Waals surface area (Å²) in [4.78, 5) is 27.7. The van der Waals surface area contributed by atoms with Gasteiger partial charge in [0.25, 0.3) is 5.91 Å². The molecule has 2 atom stereocenters. The molecule has 1 saturated heterocycles. The maximum atomic E-state index is 13.4. The Morgan fingerprint density at radius 1 is 1.23 bits per heavy atom. The molecule has 2 aliphatic heterocycles. The molecule has 0 saturated carbocycles. The third-order valence-corrected chi connectivity index (χ3v) is 7.37. The van der Waals surface area contributed by atoms with Crippen molar-refractivity contribution in [3.63, 3.8) is 0 Å². The number of thiophene rings is 1. The number of carbonyl (C=O) groups excluding carboxylic acids is 2. The first-order valence-corrected chi connectivity index (χ1v) is 11.2. The molecule has 4 rings (SSSR count). The monoisotopic (exact) mass is 455 g/mol. The second-order valence-electron chi connectivity index (χ2n) is 6.94. The zero-order chi connectivity index (χ0) is 20.4. The van der Waals surface area contributed by atoms with Crippen molar-refractivity contribution < 1.29 is 48.6 Å². The van der Waals surface area contributed by atoms with E-state index in [4.69, 9.17) is 0 Å². The average molecular weight is 456 g/mol. The van der Waals surface area contributed by atoms with Crippen molar-refractivity contribution in [2.24, 2.45) is 5.10 Å². The molecule has 1 aromatic carbocycles. The van der Waals surface area contributed by atoms with Crippen LogP contribution in [0.4, 0.5) is 4.39 Å². The largest absolute Gasteiger partial charge is 1.00 e. The minimum Gasteiger partial charge on any atom is -0.549 e. The minimum atomic E-state index is -1.20. The van der Waals surface area contributed by atoms with E-state index < -0.39 is 17.3 Å². The Hall–Kier alpha value is -1.23. The third kappa shape index (κ3) is 5.15. The van der Waals surface area contributed by atoms with Gasteiger partial charge in [-0.3, -0.25) is 9.69 Å². The van der Waals surface area contributed by atoms with Crippen LogP contribution in [0.2, 0.25) is 0 Å². The second-order valence-corrected chi connectivity index (χ2v) is 9.16. The number of thioether (sulfide) groups is 1. The molecule has 152 valence electrons. The number of hydrogen-bond acceptors (Lipinski definition) is 7. The van der Waals surface area contributed by atoms with E-state index in [0.29, 0.717) is 36.5 Å². The van der Waals surface area contributed by atoms with Crippen LogP contribution < -0.4 is 40.1 Å². The number of carbonyl (C=O) groups is 2. The van der Waals surface area contributed by atoms with Crippen LogP contribution in [-0.2, 0) is 22.6 Å². The Bertz CT molecular complexity index is 951. The van der Waals surface area contributed by atoms with Crippen LogP contribution in [0.3, 0.4) is 0 Å². The number of carboxylic acids is 1. The number of halogens is 1. The van der Waals surface area contributed by atoms with Crippen LogP contribution >= 0.6 is 23.1 Å². The molecule has 6 nitrogen and oxygen atoms in total. The number of amides is 1. The zero-order valence-electron chi connectivity index (χ0n) is 16.5. The van der Waals surface area contributed by atoms with E-state index in [-0.39, 0.29) is 41.3 Å². The molecule has 1 amide bonds. The van der Waals surface area contributed by atoms with Gasteiger partial charge in [0.1, 0.15) is 11.9 Å². The maximum absolute atomic E-state index is 13.4. The summed E-state index contributed by atoms with van der Waals surface area (Å²) in [6.07, 6.45) is 1.34. The molecule has 2 unspecified atom stereocenters. The van der Waals surface area contributed by atoms with Crippen molar-refractivity contribution in [3.8, 4) is 0 Å². The number of fused-ring (bicyclic) bond motifs is 1. The van der Waals surface area contributed by atoms with Crippen LogP contribution in [0.25, 0.3) is 0 Å². The maximum Gasteiger partial charge on any atom is 1.00 e. The number of nitrogens with zero attached hydrogens (tertiary/aromatic N) is 2. The fraction of sp³-hybridized carbons (Fsp3) is 0.350. The summed E-state index contributed by atoms with van der Waals surface area (Å²) in [6, 6.07) is 7.29. The molecular formula is C20H19FN3NaO3S2. The van der Waals surface area contributed by atoms with Gasteiger partial charge in [-0.15, -0.1) is 23.1 Å². The predicted molar refractivity (Wildman–Crippen MR) is 109 cm³/mol. The van der Waals surface area contributed by atoms with Gasteiger partial charge in [0.15, 0.2) is 0 Å². The van der Waals surface area contributed by atoms with Gasteiger partial charge in [0.05, 0.1) is 16.9 Å². The molecule has 10 heteroatoms. The fourth-order valence-corrected chi connectivity index (χ4v) is 5.63. The van der Waals surface area contributed by atoms with Crippen molar-refractivity contribution in [2.45, 2.75) is 30.7 Å². The summed E-state index contributed by atoms with van der Waals surface area (Å²) in [5, 5.41) is 16.5. The van der Waals surface area contributed by atoms with E-state index in [1.54, 1.807) is 23.5 Å². The molecule has 0 radical (unpaired) electrons. The number of hydrazone groups is 1. The molecule has 1 fully saturated rings. The van der Waals surface area contributed by atoms with E-state index in [1.165, 1.54) is 34.3 Å². The summed E-state index contributed by atoms with van der Waals surface area (Å²) >= 11 is 2.96. The number of hydrogen-bond donors (Lipinski definition) is 1. The molecule has 1 aromatic heterocycles. The second kappa shape index (κ2) is 10.4. The molecule has 30 heavy (non-hydrogen) atoms. The van der Waals surface area contributed by atoms with Gasteiger partial charge in [-0.05, 0) is 53.3 Å². The van der Waals surface area contributed by atoms with Crippen molar-refractivity contribution in [2.75, 3.05) is 12.3 Å². The minimum absolute atomic E-state index is 0. The Balaban J connectivity index is 0.00000256. The number of nitrogens with one attached hydrogen (secondary N) is 1. The van der Waals surface area contributed by atoms with Crippen molar-refractivity contribution in [3.05, 3.63) is 57.5 Å². The van der Waals surface area contributed by atoms with Gasteiger partial charge >= 0.3 is 29.6 Å². The van der Waals surface area contributed by atoms with Crippen LogP contribution in [0.1, 0.15) is 28.5 Å². The van der Waals surface area contributed by atoms with E-state index in [0.717, 1.165) is 6.42 Å². The first kappa shape index (κ1) is 23.4. The van der Waals surface area contributed by atoms with Crippen molar-refractivity contribution >= 4 is 40.7 Å². The van der Waals surface area contributed by atoms with Gasteiger partial charge < -0.3 is 9.90 Å².